The molecule has 37 heavy (non-hydrogen) atoms. The monoisotopic (exact) mass is 499 g/mol. The molecule has 0 aliphatic rings. The number of aromatic amines is 1. The van der Waals surface area contributed by atoms with Crippen LogP contribution < -0.4 is 0 Å². The zero-order valence-electron chi connectivity index (χ0n) is 20.5. The van der Waals surface area contributed by atoms with E-state index in [4.69, 9.17) is 0 Å². The number of hydrogen-bond acceptors (Lipinski definition) is 5. The fraction of sp³-hybridized carbons (Fsp3) is 0.250. The van der Waals surface area contributed by atoms with Crippen molar-refractivity contribution in [2.24, 2.45) is 0 Å². The molecule has 0 fully saturated rings. The molecule has 0 aliphatic heterocycles. The molecule has 0 radical (unpaired) electrons. The number of unbranched alkanes of at least 4 members (excludes halogenated alkanes) is 1. The average Bonchev–Trinajstić information content (AvgIpc) is 3.59. The fourth-order valence-corrected chi connectivity index (χ4v) is 4.27. The van der Waals surface area contributed by atoms with Crippen LogP contribution in [0.4, 0.5) is 8.78 Å². The normalized spacial score (nSPS) is 11.6. The summed E-state index contributed by atoms with van der Waals surface area (Å²) in [6.07, 6.45) is 1.75. The van der Waals surface area contributed by atoms with Crippen LogP contribution in [0.15, 0.2) is 78.9 Å². The largest absolute Gasteiger partial charge is 0.312 e. The van der Waals surface area contributed by atoms with E-state index in [1.165, 1.54) is 0 Å². The van der Waals surface area contributed by atoms with Gasteiger partial charge in [-0.2, -0.15) is 14.0 Å². The van der Waals surface area contributed by atoms with E-state index in [0.29, 0.717) is 30.2 Å². The second kappa shape index (κ2) is 10.8. The van der Waals surface area contributed by atoms with Crippen LogP contribution in [-0.4, -0.2) is 35.4 Å². The highest BCUT2D eigenvalue weighted by atomic mass is 19.3. The molecule has 2 aromatic heterocycles. The van der Waals surface area contributed by atoms with Gasteiger partial charge in [0.1, 0.15) is 5.82 Å². The Kier molecular flexibility index (Phi) is 7.11. The molecule has 0 spiro atoms. The van der Waals surface area contributed by atoms with E-state index >= 15 is 8.78 Å². The standard InChI is InChI=1S/C28H27F2N7/c1-2-3-17-37-25(31-27(34-37)28(29,30)19-21-9-5-4-6-10-21)18-20-13-15-22(16-14-20)23-11-7-8-12-24(23)26-32-35-36-33-26/h4-16H,2-3,17-19H2,1H3,(H,32,33,35,36). The lowest BCUT2D eigenvalue weighted by molar-refractivity contribution is -0.0133. The lowest BCUT2D eigenvalue weighted by Crippen LogP contribution is -2.19. The number of alkyl halides is 2. The average molecular weight is 500 g/mol. The van der Waals surface area contributed by atoms with Crippen molar-refractivity contribution >= 4 is 0 Å². The van der Waals surface area contributed by atoms with Gasteiger partial charge in [-0.3, -0.25) is 0 Å². The quantitative estimate of drug-likeness (QED) is 0.261. The van der Waals surface area contributed by atoms with Gasteiger partial charge in [-0.15, -0.1) is 15.3 Å². The Balaban J connectivity index is 1.39. The molecule has 3 aromatic carbocycles. The smallest absolute Gasteiger partial charge is 0.249 e. The van der Waals surface area contributed by atoms with Crippen LogP contribution in [-0.2, 0) is 25.3 Å². The molecule has 0 aliphatic carbocycles. The van der Waals surface area contributed by atoms with E-state index < -0.39 is 18.2 Å². The van der Waals surface area contributed by atoms with E-state index in [1.807, 2.05) is 54.6 Å². The number of halogens is 2. The van der Waals surface area contributed by atoms with Crippen molar-refractivity contribution in [1.29, 1.82) is 0 Å². The Bertz CT molecular complexity index is 1430. The van der Waals surface area contributed by atoms with Crippen LogP contribution >= 0.6 is 0 Å². The first-order valence-corrected chi connectivity index (χ1v) is 12.3. The molecule has 0 atom stereocenters. The summed E-state index contributed by atoms with van der Waals surface area (Å²) in [5.41, 5.74) is 4.35. The van der Waals surface area contributed by atoms with Crippen molar-refractivity contribution in [1.82, 2.24) is 35.4 Å². The number of benzene rings is 3. The van der Waals surface area contributed by atoms with E-state index in [-0.39, 0.29) is 0 Å². The summed E-state index contributed by atoms with van der Waals surface area (Å²) in [6.45, 7) is 2.61. The van der Waals surface area contributed by atoms with Gasteiger partial charge in [-0.05, 0) is 33.9 Å². The van der Waals surface area contributed by atoms with E-state index in [0.717, 1.165) is 35.1 Å². The number of hydrogen-bond donors (Lipinski definition) is 1. The first-order chi connectivity index (χ1) is 18.0. The molecular weight excluding hydrogens is 472 g/mol. The Morgan fingerprint density at radius 3 is 2.30 bits per heavy atom. The summed E-state index contributed by atoms with van der Waals surface area (Å²) >= 11 is 0. The Morgan fingerprint density at radius 1 is 0.865 bits per heavy atom. The first-order valence-electron chi connectivity index (χ1n) is 12.3. The summed E-state index contributed by atoms with van der Waals surface area (Å²) in [4.78, 5) is 4.33. The molecule has 2 heterocycles. The Hall–Kier alpha value is -4.27. The third-order valence-electron chi connectivity index (χ3n) is 6.21. The predicted molar refractivity (Wildman–Crippen MR) is 137 cm³/mol. The molecule has 0 saturated carbocycles. The van der Waals surface area contributed by atoms with Gasteiger partial charge in [0.2, 0.25) is 11.6 Å². The van der Waals surface area contributed by atoms with E-state index in [9.17, 15) is 0 Å². The summed E-state index contributed by atoms with van der Waals surface area (Å²) in [5.74, 6) is -2.52. The minimum Gasteiger partial charge on any atom is -0.249 e. The van der Waals surface area contributed by atoms with Crippen molar-refractivity contribution in [2.75, 3.05) is 0 Å². The highest BCUT2D eigenvalue weighted by molar-refractivity contribution is 5.80. The van der Waals surface area contributed by atoms with Crippen LogP contribution in [0.25, 0.3) is 22.5 Å². The third kappa shape index (κ3) is 5.61. The minimum atomic E-state index is -3.16. The van der Waals surface area contributed by atoms with Crippen LogP contribution in [0.1, 0.15) is 42.5 Å². The molecule has 1 N–H and O–H groups in total. The summed E-state index contributed by atoms with van der Waals surface area (Å²) in [6, 6.07) is 24.5. The molecule has 5 rings (SSSR count). The first kappa shape index (κ1) is 24.4. The van der Waals surface area contributed by atoms with E-state index in [1.54, 1.807) is 28.9 Å². The van der Waals surface area contributed by atoms with Gasteiger partial charge in [0.25, 0.3) is 0 Å². The van der Waals surface area contributed by atoms with Crippen molar-refractivity contribution in [3.8, 4) is 22.5 Å². The van der Waals surface area contributed by atoms with Crippen LogP contribution in [0, 0.1) is 0 Å². The maximum atomic E-state index is 15.1. The van der Waals surface area contributed by atoms with Gasteiger partial charge >= 0.3 is 5.92 Å². The van der Waals surface area contributed by atoms with Crippen LogP contribution in [0.5, 0.6) is 0 Å². The highest BCUT2D eigenvalue weighted by Crippen LogP contribution is 2.32. The lowest BCUT2D eigenvalue weighted by Gasteiger charge is -2.12. The maximum Gasteiger partial charge on any atom is 0.312 e. The number of tetrazole rings is 1. The number of nitrogens with one attached hydrogen (secondary N) is 1. The van der Waals surface area contributed by atoms with E-state index in [2.05, 4.69) is 37.6 Å². The Labute approximate surface area is 213 Å². The molecule has 0 amide bonds. The van der Waals surface area contributed by atoms with Gasteiger partial charge in [-0.25, -0.2) is 9.67 Å². The minimum absolute atomic E-state index is 0.408. The van der Waals surface area contributed by atoms with Crippen molar-refractivity contribution in [3.63, 3.8) is 0 Å². The zero-order valence-corrected chi connectivity index (χ0v) is 20.5. The summed E-state index contributed by atoms with van der Waals surface area (Å²) in [7, 11) is 0. The van der Waals surface area contributed by atoms with Gasteiger partial charge in [-0.1, -0.05) is 92.2 Å². The highest BCUT2D eigenvalue weighted by Gasteiger charge is 2.37. The molecule has 0 unspecified atom stereocenters. The number of aromatic nitrogens is 7. The second-order valence-corrected chi connectivity index (χ2v) is 8.95. The summed E-state index contributed by atoms with van der Waals surface area (Å²) < 4.78 is 31.9. The van der Waals surface area contributed by atoms with Gasteiger partial charge in [0.05, 0.1) is 0 Å². The second-order valence-electron chi connectivity index (χ2n) is 8.95. The molecule has 0 saturated heterocycles. The third-order valence-corrected chi connectivity index (χ3v) is 6.21. The van der Waals surface area contributed by atoms with Gasteiger partial charge in [0, 0.05) is 24.9 Å². The Morgan fingerprint density at radius 2 is 1.59 bits per heavy atom. The number of nitrogens with zero attached hydrogens (tertiary/aromatic N) is 6. The van der Waals surface area contributed by atoms with Crippen LogP contribution in [0.3, 0.4) is 0 Å². The molecule has 0 bridgehead atoms. The predicted octanol–water partition coefficient (Wildman–Crippen LogP) is 5.85. The molecule has 5 aromatic rings. The molecular formula is C28H27F2N7. The van der Waals surface area contributed by atoms with Crippen molar-refractivity contribution in [2.45, 2.75) is 45.1 Å². The number of rotatable bonds is 10. The maximum absolute atomic E-state index is 15.1. The fourth-order valence-electron chi connectivity index (χ4n) is 4.27. The molecule has 188 valence electrons. The zero-order chi connectivity index (χ0) is 25.7. The SMILES string of the molecule is CCCCn1nc(C(F)(F)Cc2ccccc2)nc1Cc1ccc(-c2ccccc2-c2nn[nH]n2)cc1. The summed E-state index contributed by atoms with van der Waals surface area (Å²) in [5, 5.41) is 18.6. The van der Waals surface area contributed by atoms with Crippen molar-refractivity contribution < 1.29 is 8.78 Å². The number of aryl methyl sites for hydroxylation is 1. The van der Waals surface area contributed by atoms with Gasteiger partial charge < -0.3 is 0 Å². The molecule has 9 heteroatoms. The van der Waals surface area contributed by atoms with Crippen LogP contribution in [0.2, 0.25) is 0 Å². The van der Waals surface area contributed by atoms with Crippen molar-refractivity contribution in [3.05, 3.63) is 102 Å². The number of H-pyrrole nitrogens is 1. The lowest BCUT2D eigenvalue weighted by atomic mass is 9.98. The van der Waals surface area contributed by atoms with Gasteiger partial charge in [0.15, 0.2) is 0 Å². The topological polar surface area (TPSA) is 85.2 Å². The molecule has 7 nitrogen and oxygen atoms in total.